The topological polar surface area (TPSA) is 91.6 Å². The number of carboxylic acid groups (broad SMARTS) is 1. The second-order valence-electron chi connectivity index (χ2n) is 6.38. The molecule has 2 N–H and O–H groups in total. The molecule has 2 amide bonds. The zero-order valence-electron chi connectivity index (χ0n) is 15.6. The highest BCUT2D eigenvalue weighted by atomic mass is 32.1. The number of amides is 2. The molecular weight excluding hydrogens is 378 g/mol. The number of thiocarbonyl (C=S) groups is 1. The molecule has 0 aliphatic carbocycles. The molecule has 0 bridgehead atoms. The Morgan fingerprint density at radius 2 is 1.86 bits per heavy atom. The maximum Gasteiger partial charge on any atom is 0.335 e. The van der Waals surface area contributed by atoms with Gasteiger partial charge in [0, 0.05) is 23.6 Å². The first kappa shape index (κ1) is 19.5. The molecule has 1 aliphatic heterocycles. The summed E-state index contributed by atoms with van der Waals surface area (Å²) < 4.78 is 1.94. The van der Waals surface area contributed by atoms with Crippen LogP contribution < -0.4 is 5.32 Å². The number of benzene rings is 1. The Balaban J connectivity index is 2.03. The number of nitrogens with one attached hydrogen (secondary N) is 1. The summed E-state index contributed by atoms with van der Waals surface area (Å²) in [7, 11) is 0. The maximum absolute atomic E-state index is 12.6. The number of carbonyl (C=O) groups excluding carboxylic acids is 2. The van der Waals surface area contributed by atoms with Crippen LogP contribution in [0, 0.1) is 13.8 Å². The van der Waals surface area contributed by atoms with E-state index in [2.05, 4.69) is 5.32 Å². The highest BCUT2D eigenvalue weighted by Crippen LogP contribution is 2.24. The van der Waals surface area contributed by atoms with Gasteiger partial charge in [0.1, 0.15) is 5.57 Å². The van der Waals surface area contributed by atoms with E-state index in [-0.39, 0.29) is 16.2 Å². The third-order valence-corrected chi connectivity index (χ3v) is 4.97. The lowest BCUT2D eigenvalue weighted by Crippen LogP contribution is -2.53. The van der Waals surface area contributed by atoms with Crippen LogP contribution in [0.15, 0.2) is 35.9 Å². The summed E-state index contributed by atoms with van der Waals surface area (Å²) in [6.45, 7) is 5.92. The Labute approximate surface area is 167 Å². The van der Waals surface area contributed by atoms with Gasteiger partial charge in [0.25, 0.3) is 11.8 Å². The molecule has 2 aromatic rings. The van der Waals surface area contributed by atoms with Crippen LogP contribution in [-0.4, -0.2) is 44.0 Å². The lowest BCUT2D eigenvalue weighted by molar-refractivity contribution is -0.128. The fourth-order valence-electron chi connectivity index (χ4n) is 3.22. The molecule has 1 fully saturated rings. The molecule has 0 spiro atoms. The number of carbonyl (C=O) groups is 3. The molecule has 8 heteroatoms. The highest BCUT2D eigenvalue weighted by molar-refractivity contribution is 7.80. The number of carboxylic acids is 1. The molecule has 1 aromatic carbocycles. The van der Waals surface area contributed by atoms with Crippen LogP contribution in [0.2, 0.25) is 0 Å². The summed E-state index contributed by atoms with van der Waals surface area (Å²) >= 11 is 5.04. The van der Waals surface area contributed by atoms with E-state index >= 15 is 0 Å². The zero-order valence-corrected chi connectivity index (χ0v) is 16.5. The van der Waals surface area contributed by atoms with E-state index in [1.165, 1.54) is 17.0 Å². The minimum absolute atomic E-state index is 0.0249. The molecule has 0 unspecified atom stereocenters. The highest BCUT2D eigenvalue weighted by Gasteiger charge is 2.32. The van der Waals surface area contributed by atoms with Gasteiger partial charge < -0.3 is 9.67 Å². The third-order valence-electron chi connectivity index (χ3n) is 4.64. The molecule has 0 radical (unpaired) electrons. The van der Waals surface area contributed by atoms with Crippen molar-refractivity contribution >= 4 is 41.2 Å². The van der Waals surface area contributed by atoms with Crippen molar-refractivity contribution in [1.82, 2.24) is 14.8 Å². The van der Waals surface area contributed by atoms with Crippen molar-refractivity contribution in [2.45, 2.75) is 20.8 Å². The van der Waals surface area contributed by atoms with Crippen LogP contribution in [0.25, 0.3) is 11.8 Å². The predicted molar refractivity (Wildman–Crippen MR) is 108 cm³/mol. The van der Waals surface area contributed by atoms with E-state index in [0.29, 0.717) is 6.54 Å². The van der Waals surface area contributed by atoms with Gasteiger partial charge in [0.05, 0.1) is 5.56 Å². The van der Waals surface area contributed by atoms with Gasteiger partial charge in [0.2, 0.25) is 0 Å². The van der Waals surface area contributed by atoms with Gasteiger partial charge in [-0.05, 0) is 75.0 Å². The van der Waals surface area contributed by atoms with Gasteiger partial charge in [0.15, 0.2) is 5.11 Å². The standard InChI is InChI=1S/C20H19N3O4S/c1-4-22-18(25)16(17(24)21-20(22)28)10-14-9-11(2)23(12(14)3)15-7-5-13(6-8-15)19(26)27/h5-10H,4H2,1-3H3,(H,26,27)(H,21,24,28)/b16-10+. The van der Waals surface area contributed by atoms with Crippen molar-refractivity contribution in [2.24, 2.45) is 0 Å². The molecule has 1 aromatic heterocycles. The minimum atomic E-state index is -0.988. The molecule has 2 heterocycles. The Morgan fingerprint density at radius 1 is 1.21 bits per heavy atom. The summed E-state index contributed by atoms with van der Waals surface area (Å²) in [4.78, 5) is 37.3. The lowest BCUT2D eigenvalue weighted by atomic mass is 10.1. The molecule has 1 aliphatic rings. The average molecular weight is 397 g/mol. The van der Waals surface area contributed by atoms with E-state index in [9.17, 15) is 14.4 Å². The quantitative estimate of drug-likeness (QED) is 0.470. The largest absolute Gasteiger partial charge is 0.478 e. The summed E-state index contributed by atoms with van der Waals surface area (Å²) in [5.74, 6) is -1.93. The maximum atomic E-state index is 12.6. The Morgan fingerprint density at radius 3 is 2.43 bits per heavy atom. The van der Waals surface area contributed by atoms with Gasteiger partial charge in [-0.1, -0.05) is 0 Å². The molecule has 0 atom stereocenters. The predicted octanol–water partition coefficient (Wildman–Crippen LogP) is 2.44. The number of aryl methyl sites for hydroxylation is 1. The number of hydrogen-bond donors (Lipinski definition) is 2. The van der Waals surface area contributed by atoms with Gasteiger partial charge in [-0.25, -0.2) is 4.79 Å². The number of rotatable bonds is 4. The van der Waals surface area contributed by atoms with Crippen LogP contribution >= 0.6 is 12.2 Å². The van der Waals surface area contributed by atoms with Crippen LogP contribution in [0.4, 0.5) is 0 Å². The second kappa shape index (κ2) is 7.40. The minimum Gasteiger partial charge on any atom is -0.478 e. The van der Waals surface area contributed by atoms with E-state index in [0.717, 1.165) is 22.6 Å². The molecule has 28 heavy (non-hydrogen) atoms. The second-order valence-corrected chi connectivity index (χ2v) is 6.77. The monoisotopic (exact) mass is 397 g/mol. The molecule has 7 nitrogen and oxygen atoms in total. The lowest BCUT2D eigenvalue weighted by Gasteiger charge is -2.27. The molecule has 144 valence electrons. The van der Waals surface area contributed by atoms with Crippen molar-refractivity contribution in [3.8, 4) is 5.69 Å². The Kier molecular flexibility index (Phi) is 5.15. The van der Waals surface area contributed by atoms with E-state index in [4.69, 9.17) is 17.3 Å². The zero-order chi connectivity index (χ0) is 20.6. The fourth-order valence-corrected chi connectivity index (χ4v) is 3.53. The SMILES string of the molecule is CCN1C(=O)/C(=C/c2cc(C)n(-c3ccc(C(=O)O)cc3)c2C)C(=O)NC1=S. The van der Waals surface area contributed by atoms with E-state index in [1.54, 1.807) is 25.1 Å². The van der Waals surface area contributed by atoms with Gasteiger partial charge >= 0.3 is 5.97 Å². The van der Waals surface area contributed by atoms with E-state index in [1.807, 2.05) is 24.5 Å². The summed E-state index contributed by atoms with van der Waals surface area (Å²) in [6.07, 6.45) is 1.56. The number of aromatic carboxylic acids is 1. The van der Waals surface area contributed by atoms with E-state index < -0.39 is 17.8 Å². The average Bonchev–Trinajstić information content (AvgIpc) is 2.92. The number of aromatic nitrogens is 1. The van der Waals surface area contributed by atoms with Crippen molar-refractivity contribution in [3.63, 3.8) is 0 Å². The number of nitrogens with zero attached hydrogens (tertiary/aromatic N) is 2. The van der Waals surface area contributed by atoms with Gasteiger partial charge in [-0.2, -0.15) is 0 Å². The van der Waals surface area contributed by atoms with Crippen molar-refractivity contribution < 1.29 is 19.5 Å². The van der Waals surface area contributed by atoms with Crippen LogP contribution in [0.5, 0.6) is 0 Å². The molecular formula is C20H19N3O4S. The molecule has 0 saturated carbocycles. The normalized spacial score (nSPS) is 15.9. The fraction of sp³-hybridized carbons (Fsp3) is 0.200. The van der Waals surface area contributed by atoms with Crippen molar-refractivity contribution in [1.29, 1.82) is 0 Å². The van der Waals surface area contributed by atoms with Crippen molar-refractivity contribution in [2.75, 3.05) is 6.54 Å². The first-order valence-corrected chi connectivity index (χ1v) is 9.07. The Hall–Kier alpha value is -3.26. The third kappa shape index (κ3) is 3.34. The molecule has 1 saturated heterocycles. The van der Waals surface area contributed by atoms with Crippen LogP contribution in [0.1, 0.15) is 34.2 Å². The van der Waals surface area contributed by atoms with Gasteiger partial charge in [-0.3, -0.25) is 19.8 Å². The van der Waals surface area contributed by atoms with Crippen LogP contribution in [0.3, 0.4) is 0 Å². The smallest absolute Gasteiger partial charge is 0.335 e. The first-order valence-electron chi connectivity index (χ1n) is 8.66. The molecule has 3 rings (SSSR count). The number of likely N-dealkylation sites (N-methyl/N-ethyl adjacent to an activating group) is 1. The number of hydrogen-bond acceptors (Lipinski definition) is 4. The van der Waals surface area contributed by atoms with Crippen LogP contribution in [-0.2, 0) is 9.59 Å². The first-order chi connectivity index (χ1) is 13.2. The summed E-state index contributed by atoms with van der Waals surface area (Å²) in [6, 6.07) is 8.38. The Bertz CT molecular complexity index is 1030. The van der Waals surface area contributed by atoms with Gasteiger partial charge in [-0.15, -0.1) is 0 Å². The van der Waals surface area contributed by atoms with Crippen molar-refractivity contribution in [3.05, 3.63) is 58.4 Å². The summed E-state index contributed by atoms with van der Waals surface area (Å²) in [5, 5.41) is 11.7. The summed E-state index contributed by atoms with van der Waals surface area (Å²) in [5.41, 5.74) is 3.46.